The molecule has 0 bridgehead atoms. The van der Waals surface area contributed by atoms with E-state index in [0.717, 1.165) is 23.3 Å². The van der Waals surface area contributed by atoms with Crippen molar-refractivity contribution in [2.24, 2.45) is 0 Å². The number of hydrogen-bond acceptors (Lipinski definition) is 4. The fraction of sp³-hybridized carbons (Fsp3) is 0.125. The van der Waals surface area contributed by atoms with Crippen LogP contribution in [0.5, 0.6) is 0 Å². The average molecular weight is 301 g/mol. The van der Waals surface area contributed by atoms with E-state index >= 15 is 0 Å². The molecule has 2 aromatic carbocycles. The van der Waals surface area contributed by atoms with Gasteiger partial charge in [0.05, 0.1) is 6.54 Å². The minimum Gasteiger partial charge on any atom is -0.419 e. The van der Waals surface area contributed by atoms with Gasteiger partial charge in [-0.05, 0) is 30.7 Å². The zero-order valence-corrected chi connectivity index (χ0v) is 11.8. The molecule has 0 saturated carbocycles. The van der Waals surface area contributed by atoms with Crippen LogP contribution in [-0.4, -0.2) is 10.2 Å². The largest absolute Gasteiger partial charge is 0.419 e. The van der Waals surface area contributed by atoms with Crippen molar-refractivity contribution in [1.29, 1.82) is 0 Å². The zero-order valence-electron chi connectivity index (χ0n) is 11.8. The summed E-state index contributed by atoms with van der Waals surface area (Å²) in [5.41, 5.74) is 2.34. The Morgan fingerprint density at radius 3 is 2.64 bits per heavy atom. The zero-order chi connectivity index (χ0) is 15.5. The van der Waals surface area contributed by atoms with Crippen LogP contribution in [0.15, 0.2) is 46.9 Å². The van der Waals surface area contributed by atoms with Crippen molar-refractivity contribution < 1.29 is 13.2 Å². The predicted molar refractivity (Wildman–Crippen MR) is 78.2 cm³/mol. The van der Waals surface area contributed by atoms with Gasteiger partial charge in [0.2, 0.25) is 11.8 Å². The molecular formula is C16H13F2N3O. The van der Waals surface area contributed by atoms with Crippen LogP contribution < -0.4 is 5.32 Å². The summed E-state index contributed by atoms with van der Waals surface area (Å²) < 4.78 is 31.5. The molecule has 0 radical (unpaired) electrons. The van der Waals surface area contributed by atoms with Crippen LogP contribution >= 0.6 is 0 Å². The first-order valence-corrected chi connectivity index (χ1v) is 6.71. The van der Waals surface area contributed by atoms with Crippen LogP contribution in [0.1, 0.15) is 11.5 Å². The van der Waals surface area contributed by atoms with Gasteiger partial charge in [-0.2, -0.15) is 0 Å². The molecular weight excluding hydrogens is 288 g/mol. The molecule has 0 unspecified atom stereocenters. The van der Waals surface area contributed by atoms with Crippen molar-refractivity contribution >= 4 is 5.69 Å². The van der Waals surface area contributed by atoms with Gasteiger partial charge in [0.25, 0.3) is 0 Å². The number of benzene rings is 2. The topological polar surface area (TPSA) is 51.0 Å². The molecule has 1 N–H and O–H groups in total. The van der Waals surface area contributed by atoms with Crippen molar-refractivity contribution in [2.75, 3.05) is 5.32 Å². The van der Waals surface area contributed by atoms with Crippen LogP contribution in [0.2, 0.25) is 0 Å². The molecule has 0 saturated heterocycles. The highest BCUT2D eigenvalue weighted by molar-refractivity contribution is 5.57. The number of rotatable bonds is 4. The first-order chi connectivity index (χ1) is 10.6. The highest BCUT2D eigenvalue weighted by Crippen LogP contribution is 2.22. The van der Waals surface area contributed by atoms with E-state index in [1.54, 1.807) is 0 Å². The van der Waals surface area contributed by atoms with Gasteiger partial charge in [-0.25, -0.2) is 8.78 Å². The molecule has 3 rings (SSSR count). The number of aromatic nitrogens is 2. The Kier molecular flexibility index (Phi) is 3.82. The average Bonchev–Trinajstić information content (AvgIpc) is 2.98. The monoisotopic (exact) mass is 301 g/mol. The van der Waals surface area contributed by atoms with Crippen LogP contribution in [0.3, 0.4) is 0 Å². The van der Waals surface area contributed by atoms with E-state index in [9.17, 15) is 8.78 Å². The first kappa shape index (κ1) is 14.2. The summed E-state index contributed by atoms with van der Waals surface area (Å²) in [6.07, 6.45) is 0. The van der Waals surface area contributed by atoms with Crippen LogP contribution in [0.4, 0.5) is 14.5 Å². The van der Waals surface area contributed by atoms with Crippen molar-refractivity contribution in [1.82, 2.24) is 10.2 Å². The molecule has 112 valence electrons. The minimum atomic E-state index is -0.906. The second-order valence-corrected chi connectivity index (χ2v) is 4.80. The number of aryl methyl sites for hydroxylation is 1. The summed E-state index contributed by atoms with van der Waals surface area (Å²) in [7, 11) is 0. The van der Waals surface area contributed by atoms with Crippen molar-refractivity contribution in [2.45, 2.75) is 13.5 Å². The highest BCUT2D eigenvalue weighted by atomic mass is 19.2. The Bertz CT molecular complexity index is 802. The summed E-state index contributed by atoms with van der Waals surface area (Å²) in [5.74, 6) is -0.996. The van der Waals surface area contributed by atoms with E-state index in [4.69, 9.17) is 4.42 Å². The normalized spacial score (nSPS) is 10.7. The SMILES string of the molecule is Cc1ccccc1-c1nnc(CNc2ccc(F)c(F)c2)o1. The molecule has 0 spiro atoms. The third-order valence-electron chi connectivity index (χ3n) is 3.21. The summed E-state index contributed by atoms with van der Waals surface area (Å²) >= 11 is 0. The van der Waals surface area contributed by atoms with Crippen LogP contribution in [-0.2, 0) is 6.54 Å². The number of halogens is 2. The Morgan fingerprint density at radius 2 is 1.86 bits per heavy atom. The Labute approximate surface area is 125 Å². The quantitative estimate of drug-likeness (QED) is 0.793. The van der Waals surface area contributed by atoms with E-state index in [2.05, 4.69) is 15.5 Å². The van der Waals surface area contributed by atoms with Crippen LogP contribution in [0.25, 0.3) is 11.5 Å². The minimum absolute atomic E-state index is 0.226. The Morgan fingerprint density at radius 1 is 1.05 bits per heavy atom. The lowest BCUT2D eigenvalue weighted by Crippen LogP contribution is -2.00. The maximum atomic E-state index is 13.1. The smallest absolute Gasteiger partial charge is 0.248 e. The van der Waals surface area contributed by atoms with Crippen molar-refractivity contribution in [3.8, 4) is 11.5 Å². The number of nitrogens with zero attached hydrogens (tertiary/aromatic N) is 2. The standard InChI is InChI=1S/C16H13F2N3O/c1-10-4-2-3-5-12(10)16-21-20-15(22-16)9-19-11-6-7-13(17)14(18)8-11/h2-8,19H,9H2,1H3. The Hall–Kier alpha value is -2.76. The molecule has 0 fully saturated rings. The molecule has 4 nitrogen and oxygen atoms in total. The van der Waals surface area contributed by atoms with Gasteiger partial charge in [-0.3, -0.25) is 0 Å². The van der Waals surface area contributed by atoms with Crippen LogP contribution in [0, 0.1) is 18.6 Å². The van der Waals surface area contributed by atoms with E-state index < -0.39 is 11.6 Å². The number of hydrogen-bond donors (Lipinski definition) is 1. The van der Waals surface area contributed by atoms with Crippen molar-refractivity contribution in [3.05, 3.63) is 65.6 Å². The molecule has 0 aliphatic rings. The summed E-state index contributed by atoms with van der Waals surface area (Å²) in [6.45, 7) is 2.18. The van der Waals surface area contributed by atoms with Gasteiger partial charge in [0.1, 0.15) is 0 Å². The fourth-order valence-electron chi connectivity index (χ4n) is 2.03. The van der Waals surface area contributed by atoms with E-state index in [1.807, 2.05) is 31.2 Å². The molecule has 22 heavy (non-hydrogen) atoms. The molecule has 0 amide bonds. The second-order valence-electron chi connectivity index (χ2n) is 4.80. The van der Waals surface area contributed by atoms with Crippen molar-refractivity contribution in [3.63, 3.8) is 0 Å². The van der Waals surface area contributed by atoms with Gasteiger partial charge < -0.3 is 9.73 Å². The maximum Gasteiger partial charge on any atom is 0.248 e. The first-order valence-electron chi connectivity index (χ1n) is 6.71. The third-order valence-corrected chi connectivity index (χ3v) is 3.21. The number of anilines is 1. The summed E-state index contributed by atoms with van der Waals surface area (Å²) in [4.78, 5) is 0. The molecule has 1 aromatic heterocycles. The lowest BCUT2D eigenvalue weighted by Gasteiger charge is -2.03. The van der Waals surface area contributed by atoms with Gasteiger partial charge in [-0.15, -0.1) is 10.2 Å². The van der Waals surface area contributed by atoms with Gasteiger partial charge in [0.15, 0.2) is 11.6 Å². The van der Waals surface area contributed by atoms with Gasteiger partial charge in [0, 0.05) is 17.3 Å². The molecule has 0 aliphatic heterocycles. The molecule has 3 aromatic rings. The lowest BCUT2D eigenvalue weighted by atomic mass is 10.1. The summed E-state index contributed by atoms with van der Waals surface area (Å²) in [5, 5.41) is 10.8. The third kappa shape index (κ3) is 2.95. The highest BCUT2D eigenvalue weighted by Gasteiger charge is 2.10. The fourth-order valence-corrected chi connectivity index (χ4v) is 2.03. The van der Waals surface area contributed by atoms with Gasteiger partial charge in [-0.1, -0.05) is 18.2 Å². The second kappa shape index (κ2) is 5.93. The van der Waals surface area contributed by atoms with E-state index in [-0.39, 0.29) is 6.54 Å². The van der Waals surface area contributed by atoms with E-state index in [1.165, 1.54) is 6.07 Å². The number of nitrogens with one attached hydrogen (secondary N) is 1. The molecule has 1 heterocycles. The summed E-state index contributed by atoms with van der Waals surface area (Å²) in [6, 6.07) is 11.3. The maximum absolute atomic E-state index is 13.1. The predicted octanol–water partition coefficient (Wildman–Crippen LogP) is 3.94. The van der Waals surface area contributed by atoms with Gasteiger partial charge >= 0.3 is 0 Å². The molecule has 6 heteroatoms. The lowest BCUT2D eigenvalue weighted by molar-refractivity contribution is 0.507. The molecule has 0 aliphatic carbocycles. The molecule has 0 atom stereocenters. The Balaban J connectivity index is 1.72. The van der Waals surface area contributed by atoms with E-state index in [0.29, 0.717) is 17.5 Å².